The van der Waals surface area contributed by atoms with Crippen LogP contribution < -0.4 is 5.73 Å². The quantitative estimate of drug-likeness (QED) is 0.234. The van der Waals surface area contributed by atoms with E-state index in [9.17, 15) is 4.39 Å². The zero-order chi connectivity index (χ0) is 31.8. The lowest BCUT2D eigenvalue weighted by Crippen LogP contribution is -2.28. The highest BCUT2D eigenvalue weighted by atomic mass is 19.1. The largest absolute Gasteiger partial charge is 0.396 e. The Bertz CT molecular complexity index is 1120. The topological polar surface area (TPSA) is 72.0 Å². The van der Waals surface area contributed by atoms with Crippen LogP contribution in [0.5, 0.6) is 0 Å². The zero-order valence-corrected chi connectivity index (χ0v) is 27.8. The maximum absolute atomic E-state index is 13.5. The van der Waals surface area contributed by atoms with Crippen molar-refractivity contribution in [3.63, 3.8) is 0 Å². The van der Waals surface area contributed by atoms with Gasteiger partial charge in [-0.2, -0.15) is 0 Å². The highest BCUT2D eigenvalue weighted by Gasteiger charge is 2.46. The van der Waals surface area contributed by atoms with Gasteiger partial charge in [-0.3, -0.25) is 5.73 Å². The Balaban J connectivity index is 0.000000626. The molecule has 1 aliphatic rings. The molecule has 0 amide bonds. The summed E-state index contributed by atoms with van der Waals surface area (Å²) in [5.74, 6) is -0.692. The van der Waals surface area contributed by atoms with Gasteiger partial charge < -0.3 is 5.11 Å². The van der Waals surface area contributed by atoms with Gasteiger partial charge in [0.05, 0.1) is 5.69 Å². The molecule has 41 heavy (non-hydrogen) atoms. The maximum Gasteiger partial charge on any atom is 0.182 e. The van der Waals surface area contributed by atoms with Gasteiger partial charge in [0.15, 0.2) is 5.79 Å². The first-order chi connectivity index (χ1) is 19.2. The summed E-state index contributed by atoms with van der Waals surface area (Å²) in [6.07, 6.45) is 11.8. The smallest absolute Gasteiger partial charge is 0.182 e. The lowest BCUT2D eigenvalue weighted by atomic mass is 9.95. The molecule has 3 rings (SSSR count). The zero-order valence-electron chi connectivity index (χ0n) is 27.8. The van der Waals surface area contributed by atoms with E-state index in [-0.39, 0.29) is 5.41 Å². The molecule has 1 heterocycles. The van der Waals surface area contributed by atoms with Crippen molar-refractivity contribution in [3.05, 3.63) is 82.0 Å². The molecule has 0 aliphatic heterocycles. The number of nitrogens with zero attached hydrogens (tertiary/aromatic N) is 2. The van der Waals surface area contributed by atoms with E-state index in [2.05, 4.69) is 60.8 Å². The van der Waals surface area contributed by atoms with Crippen LogP contribution in [-0.2, 0) is 17.6 Å². The molecule has 1 atom stereocenters. The van der Waals surface area contributed by atoms with E-state index in [1.165, 1.54) is 43.8 Å². The Labute approximate surface area is 251 Å². The number of benzene rings is 1. The summed E-state index contributed by atoms with van der Waals surface area (Å²) in [6, 6.07) is 5.60. The third-order valence-corrected chi connectivity index (χ3v) is 7.03. The van der Waals surface area contributed by atoms with Crippen molar-refractivity contribution in [3.8, 4) is 0 Å². The molecule has 1 aliphatic carbocycles. The van der Waals surface area contributed by atoms with Gasteiger partial charge >= 0.3 is 0 Å². The van der Waals surface area contributed by atoms with E-state index >= 15 is 0 Å². The van der Waals surface area contributed by atoms with Gasteiger partial charge in [0.2, 0.25) is 0 Å². The molecule has 5 heteroatoms. The third-order valence-electron chi connectivity index (χ3n) is 7.03. The number of nitrogens with two attached hydrogens (primary N) is 1. The van der Waals surface area contributed by atoms with Crippen LogP contribution in [0.2, 0.25) is 0 Å². The molecule has 2 aromatic rings. The van der Waals surface area contributed by atoms with Crippen LogP contribution in [-0.4, -0.2) is 21.7 Å². The van der Waals surface area contributed by atoms with Crippen molar-refractivity contribution in [2.45, 2.75) is 125 Å². The van der Waals surface area contributed by atoms with E-state index in [0.717, 1.165) is 53.2 Å². The van der Waals surface area contributed by atoms with Crippen molar-refractivity contribution in [2.24, 2.45) is 5.73 Å². The average molecular weight is 568 g/mol. The Morgan fingerprint density at radius 1 is 1.10 bits per heavy atom. The Morgan fingerprint density at radius 3 is 2.02 bits per heavy atom. The van der Waals surface area contributed by atoms with Crippen LogP contribution in [0.3, 0.4) is 0 Å². The second-order valence-electron chi connectivity index (χ2n) is 11.4. The molecule has 230 valence electrons. The number of allylic oxidation sites excluding steroid dienone is 2. The molecule has 0 bridgehead atoms. The molecule has 1 aromatic carbocycles. The number of aliphatic hydroxyl groups excluding tert-OH is 1. The number of rotatable bonds is 9. The Kier molecular flexibility index (Phi) is 17.5. The van der Waals surface area contributed by atoms with Gasteiger partial charge in [0, 0.05) is 28.8 Å². The first-order valence-corrected chi connectivity index (χ1v) is 15.2. The first kappa shape index (κ1) is 38.4. The van der Waals surface area contributed by atoms with E-state index in [1.807, 2.05) is 39.0 Å². The SMILES string of the molecule is C=C(C)CC.C=Cc1nc(C2(CCC)CC2)nc(C)c1C=C(C)C.CCCO.CCc1cccc(C(C)(N)F)c1C. The highest BCUT2D eigenvalue weighted by Crippen LogP contribution is 2.50. The van der Waals surface area contributed by atoms with Gasteiger partial charge in [-0.25, -0.2) is 14.4 Å². The van der Waals surface area contributed by atoms with Gasteiger partial charge in [0.25, 0.3) is 0 Å². The monoisotopic (exact) mass is 567 g/mol. The van der Waals surface area contributed by atoms with Crippen LogP contribution >= 0.6 is 0 Å². The predicted octanol–water partition coefficient (Wildman–Crippen LogP) is 9.70. The summed E-state index contributed by atoms with van der Waals surface area (Å²) in [4.78, 5) is 9.57. The Morgan fingerprint density at radius 2 is 1.66 bits per heavy atom. The minimum absolute atomic E-state index is 0.265. The van der Waals surface area contributed by atoms with Crippen molar-refractivity contribution in [2.75, 3.05) is 6.61 Å². The molecule has 1 saturated carbocycles. The molecule has 4 nitrogen and oxygen atoms in total. The maximum atomic E-state index is 13.5. The number of aromatic nitrogens is 2. The average Bonchev–Trinajstić information content (AvgIpc) is 3.70. The standard InChI is InChI=1S/C17H24N2.C11H16FN.C5H10.C3H8O/c1-6-8-17(9-10-17)16-18-13(5)14(11-12(3)4)15(7-2)19-16;1-4-9-6-5-7-10(8(9)2)11(3,12)13;1-4-5(2)3;1-2-3-4/h7,11H,2,6,8-10H2,1,3-5H3;5-7H,4,13H2,1-3H3;2,4H2,1,3H3;4H,2-3H2,1H3. The Hall–Kier alpha value is -2.63. The number of alkyl halides is 1. The van der Waals surface area contributed by atoms with E-state index in [1.54, 1.807) is 6.07 Å². The fraction of sp³-hybridized carbons (Fsp3) is 0.556. The number of halogens is 1. The molecule has 0 spiro atoms. The molecule has 0 radical (unpaired) electrons. The van der Waals surface area contributed by atoms with Gasteiger partial charge in [-0.1, -0.05) is 76.1 Å². The van der Waals surface area contributed by atoms with Gasteiger partial charge in [0.1, 0.15) is 5.82 Å². The summed E-state index contributed by atoms with van der Waals surface area (Å²) in [6.45, 7) is 27.8. The van der Waals surface area contributed by atoms with Crippen molar-refractivity contribution in [1.29, 1.82) is 0 Å². The van der Waals surface area contributed by atoms with Crippen LogP contribution in [0, 0.1) is 13.8 Å². The van der Waals surface area contributed by atoms with Crippen LogP contribution in [0.15, 0.2) is 42.5 Å². The van der Waals surface area contributed by atoms with Crippen molar-refractivity contribution < 1.29 is 9.50 Å². The van der Waals surface area contributed by atoms with E-state index in [0.29, 0.717) is 12.2 Å². The normalized spacial score (nSPS) is 14.0. The lowest BCUT2D eigenvalue weighted by Gasteiger charge is -2.19. The van der Waals surface area contributed by atoms with Crippen LogP contribution in [0.4, 0.5) is 4.39 Å². The van der Waals surface area contributed by atoms with Crippen molar-refractivity contribution >= 4 is 12.2 Å². The van der Waals surface area contributed by atoms with Gasteiger partial charge in [-0.05, 0) is 97.3 Å². The van der Waals surface area contributed by atoms with Gasteiger partial charge in [-0.15, -0.1) is 6.58 Å². The summed E-state index contributed by atoms with van der Waals surface area (Å²) >= 11 is 0. The highest BCUT2D eigenvalue weighted by molar-refractivity contribution is 5.64. The molecule has 0 saturated heterocycles. The molecule has 1 fully saturated rings. The number of hydrogen-bond acceptors (Lipinski definition) is 4. The van der Waals surface area contributed by atoms with E-state index in [4.69, 9.17) is 20.8 Å². The fourth-order valence-electron chi connectivity index (χ4n) is 4.27. The molecular formula is C36H58FN3O. The first-order valence-electron chi connectivity index (χ1n) is 15.2. The summed E-state index contributed by atoms with van der Waals surface area (Å²) in [7, 11) is 0. The number of aliphatic hydroxyl groups is 1. The molecular weight excluding hydrogens is 509 g/mol. The fourth-order valence-corrected chi connectivity index (χ4v) is 4.27. The lowest BCUT2D eigenvalue weighted by molar-refractivity contribution is 0.202. The number of aryl methyl sites for hydroxylation is 2. The molecule has 1 unspecified atom stereocenters. The second kappa shape index (κ2) is 18.7. The minimum Gasteiger partial charge on any atom is -0.396 e. The predicted molar refractivity (Wildman–Crippen MR) is 178 cm³/mol. The molecule has 3 N–H and O–H groups in total. The summed E-state index contributed by atoms with van der Waals surface area (Å²) in [5, 5.41) is 7.88. The molecule has 1 aromatic heterocycles. The van der Waals surface area contributed by atoms with E-state index < -0.39 is 5.79 Å². The minimum atomic E-state index is -1.73. The summed E-state index contributed by atoms with van der Waals surface area (Å²) in [5.41, 5.74) is 14.1. The van der Waals surface area contributed by atoms with Crippen LogP contribution in [0.1, 0.15) is 133 Å². The van der Waals surface area contributed by atoms with Crippen molar-refractivity contribution in [1.82, 2.24) is 9.97 Å². The summed E-state index contributed by atoms with van der Waals surface area (Å²) < 4.78 is 13.5. The van der Waals surface area contributed by atoms with Crippen LogP contribution in [0.25, 0.3) is 12.2 Å². The number of hydrogen-bond donors (Lipinski definition) is 2. The second-order valence-corrected chi connectivity index (χ2v) is 11.4. The third kappa shape index (κ3) is 13.3.